The molecule has 132 valence electrons. The summed E-state index contributed by atoms with van der Waals surface area (Å²) in [7, 11) is 0. The van der Waals surface area contributed by atoms with Crippen molar-refractivity contribution >= 4 is 23.1 Å². The van der Waals surface area contributed by atoms with Crippen LogP contribution in [0.3, 0.4) is 0 Å². The van der Waals surface area contributed by atoms with Gasteiger partial charge in [-0.05, 0) is 48.2 Å². The van der Waals surface area contributed by atoms with Crippen molar-refractivity contribution in [1.29, 1.82) is 0 Å². The number of hydrogen-bond acceptors (Lipinski definition) is 8. The second-order valence-corrected chi connectivity index (χ2v) is 8.28. The van der Waals surface area contributed by atoms with Gasteiger partial charge in [0, 0.05) is 4.88 Å². The van der Waals surface area contributed by atoms with E-state index in [9.17, 15) is 0 Å². The number of thioether (sulfide) groups is 1. The molecule has 4 rings (SSSR count). The molecule has 7 nitrogen and oxygen atoms in total. The number of rotatable bonds is 6. The Morgan fingerprint density at radius 1 is 1.28 bits per heavy atom. The lowest BCUT2D eigenvalue weighted by molar-refractivity contribution is 0.422. The number of aryl methyl sites for hydroxylation is 2. The van der Waals surface area contributed by atoms with Crippen LogP contribution in [-0.2, 0) is 12.2 Å². The van der Waals surface area contributed by atoms with Gasteiger partial charge in [-0.2, -0.15) is 0 Å². The first-order chi connectivity index (χ1) is 12.2. The summed E-state index contributed by atoms with van der Waals surface area (Å²) in [6.07, 6.45) is 5.84. The summed E-state index contributed by atoms with van der Waals surface area (Å²) < 4.78 is 7.79. The Labute approximate surface area is 154 Å². The van der Waals surface area contributed by atoms with Crippen LogP contribution in [0.25, 0.3) is 10.8 Å². The average Bonchev–Trinajstić information content (AvgIpc) is 3.38. The minimum absolute atomic E-state index is 0.428. The molecule has 25 heavy (non-hydrogen) atoms. The van der Waals surface area contributed by atoms with Crippen molar-refractivity contribution in [3.8, 4) is 10.8 Å². The SMILES string of the molecule is CCc1sc(-c2nnc(CSc3nnnn3C3CCCC3)o2)cc1C. The fourth-order valence-electron chi connectivity index (χ4n) is 3.17. The van der Waals surface area contributed by atoms with Crippen molar-refractivity contribution in [2.24, 2.45) is 0 Å². The summed E-state index contributed by atoms with van der Waals surface area (Å²) in [5.41, 5.74) is 1.28. The van der Waals surface area contributed by atoms with Gasteiger partial charge in [-0.3, -0.25) is 0 Å². The topological polar surface area (TPSA) is 82.5 Å². The van der Waals surface area contributed by atoms with E-state index in [4.69, 9.17) is 4.42 Å². The highest BCUT2D eigenvalue weighted by molar-refractivity contribution is 7.98. The molecule has 0 radical (unpaired) electrons. The highest BCUT2D eigenvalue weighted by Gasteiger charge is 2.22. The van der Waals surface area contributed by atoms with Gasteiger partial charge < -0.3 is 4.42 Å². The zero-order chi connectivity index (χ0) is 17.2. The van der Waals surface area contributed by atoms with Crippen LogP contribution in [0.1, 0.15) is 55.0 Å². The fraction of sp³-hybridized carbons (Fsp3) is 0.562. The standard InChI is InChI=1S/C16H20N6OS2/c1-3-12-10(2)8-13(25-12)15-18-17-14(23-15)9-24-16-19-20-21-22(16)11-6-4-5-7-11/h8,11H,3-7,9H2,1-2H3. The third-order valence-electron chi connectivity index (χ3n) is 4.48. The van der Waals surface area contributed by atoms with Gasteiger partial charge >= 0.3 is 0 Å². The molecule has 1 aliphatic rings. The number of tetrazole rings is 1. The Morgan fingerprint density at radius 3 is 2.88 bits per heavy atom. The van der Waals surface area contributed by atoms with E-state index in [-0.39, 0.29) is 0 Å². The summed E-state index contributed by atoms with van der Waals surface area (Å²) in [4.78, 5) is 2.40. The summed E-state index contributed by atoms with van der Waals surface area (Å²) in [6, 6.07) is 2.55. The minimum atomic E-state index is 0.428. The number of aromatic nitrogens is 6. The zero-order valence-corrected chi connectivity index (χ0v) is 15.9. The predicted molar refractivity (Wildman–Crippen MR) is 96.6 cm³/mol. The Kier molecular flexibility index (Phi) is 4.85. The molecule has 0 saturated heterocycles. The molecule has 0 amide bonds. The van der Waals surface area contributed by atoms with E-state index in [0.29, 0.717) is 23.6 Å². The molecule has 0 spiro atoms. The van der Waals surface area contributed by atoms with E-state index < -0.39 is 0 Å². The first-order valence-corrected chi connectivity index (χ1v) is 10.4. The largest absolute Gasteiger partial charge is 0.419 e. The molecule has 1 aliphatic carbocycles. The van der Waals surface area contributed by atoms with E-state index in [1.54, 1.807) is 23.1 Å². The van der Waals surface area contributed by atoms with E-state index in [0.717, 1.165) is 29.3 Å². The van der Waals surface area contributed by atoms with Crippen molar-refractivity contribution in [2.75, 3.05) is 0 Å². The fourth-order valence-corrected chi connectivity index (χ4v) is 4.99. The average molecular weight is 377 g/mol. The van der Waals surface area contributed by atoms with Crippen molar-refractivity contribution in [3.63, 3.8) is 0 Å². The monoisotopic (exact) mass is 376 g/mol. The zero-order valence-electron chi connectivity index (χ0n) is 14.3. The molecule has 0 aromatic carbocycles. The molecular formula is C16H20N6OS2. The molecule has 0 bridgehead atoms. The van der Waals surface area contributed by atoms with E-state index >= 15 is 0 Å². The van der Waals surface area contributed by atoms with Gasteiger partial charge in [-0.25, -0.2) is 4.68 Å². The summed E-state index contributed by atoms with van der Waals surface area (Å²) >= 11 is 3.27. The minimum Gasteiger partial charge on any atom is -0.419 e. The Bertz CT molecular complexity index is 849. The first-order valence-electron chi connectivity index (χ1n) is 8.57. The molecular weight excluding hydrogens is 356 g/mol. The number of thiophene rings is 1. The molecule has 0 N–H and O–H groups in total. The summed E-state index contributed by atoms with van der Waals surface area (Å²) in [5.74, 6) is 1.77. The maximum Gasteiger partial charge on any atom is 0.257 e. The highest BCUT2D eigenvalue weighted by atomic mass is 32.2. The molecule has 1 fully saturated rings. The van der Waals surface area contributed by atoms with Crippen LogP contribution in [0, 0.1) is 6.92 Å². The third-order valence-corrected chi connectivity index (χ3v) is 6.76. The van der Waals surface area contributed by atoms with Crippen molar-refractivity contribution < 1.29 is 4.42 Å². The van der Waals surface area contributed by atoms with Crippen LogP contribution in [0.15, 0.2) is 15.6 Å². The van der Waals surface area contributed by atoms with Crippen LogP contribution in [-0.4, -0.2) is 30.4 Å². The lowest BCUT2D eigenvalue weighted by atomic mass is 10.2. The van der Waals surface area contributed by atoms with Crippen LogP contribution < -0.4 is 0 Å². The van der Waals surface area contributed by atoms with Crippen LogP contribution in [0.2, 0.25) is 0 Å². The maximum atomic E-state index is 5.84. The van der Waals surface area contributed by atoms with Crippen LogP contribution in [0.4, 0.5) is 0 Å². The molecule has 3 aromatic rings. The van der Waals surface area contributed by atoms with Crippen molar-refractivity contribution in [2.45, 2.75) is 62.9 Å². The van der Waals surface area contributed by atoms with Gasteiger partial charge in [0.15, 0.2) is 0 Å². The van der Waals surface area contributed by atoms with Gasteiger partial charge in [0.05, 0.1) is 16.7 Å². The first kappa shape index (κ1) is 16.7. The highest BCUT2D eigenvalue weighted by Crippen LogP contribution is 2.33. The van der Waals surface area contributed by atoms with Crippen LogP contribution in [0.5, 0.6) is 0 Å². The summed E-state index contributed by atoms with van der Waals surface area (Å²) in [6.45, 7) is 4.28. The second-order valence-electron chi connectivity index (χ2n) is 6.20. The van der Waals surface area contributed by atoms with Gasteiger partial charge in [0.1, 0.15) is 0 Å². The van der Waals surface area contributed by atoms with Crippen LogP contribution >= 0.6 is 23.1 Å². The number of nitrogens with zero attached hydrogens (tertiary/aromatic N) is 6. The lowest BCUT2D eigenvalue weighted by Gasteiger charge is -2.09. The van der Waals surface area contributed by atoms with Gasteiger partial charge in [0.2, 0.25) is 11.0 Å². The molecule has 0 aliphatic heterocycles. The Balaban J connectivity index is 1.44. The molecule has 3 heterocycles. The van der Waals surface area contributed by atoms with Crippen molar-refractivity contribution in [1.82, 2.24) is 30.4 Å². The second kappa shape index (κ2) is 7.25. The van der Waals surface area contributed by atoms with E-state index in [1.807, 2.05) is 4.68 Å². The van der Waals surface area contributed by atoms with Gasteiger partial charge in [0.25, 0.3) is 5.89 Å². The van der Waals surface area contributed by atoms with E-state index in [1.165, 1.54) is 23.3 Å². The normalized spacial score (nSPS) is 15.3. The lowest BCUT2D eigenvalue weighted by Crippen LogP contribution is -2.08. The summed E-state index contributed by atoms with van der Waals surface area (Å²) in [5, 5.41) is 21.3. The Hall–Kier alpha value is -1.74. The molecule has 1 saturated carbocycles. The van der Waals surface area contributed by atoms with E-state index in [2.05, 4.69) is 45.6 Å². The molecule has 0 unspecified atom stereocenters. The smallest absolute Gasteiger partial charge is 0.257 e. The predicted octanol–water partition coefficient (Wildman–Crippen LogP) is 4.06. The molecule has 9 heteroatoms. The van der Waals surface area contributed by atoms with Gasteiger partial charge in [-0.1, -0.05) is 31.5 Å². The van der Waals surface area contributed by atoms with Gasteiger partial charge in [-0.15, -0.1) is 26.6 Å². The molecule has 0 atom stereocenters. The quantitative estimate of drug-likeness (QED) is 0.600. The number of hydrogen-bond donors (Lipinski definition) is 0. The third kappa shape index (κ3) is 3.48. The maximum absolute atomic E-state index is 5.84. The van der Waals surface area contributed by atoms with Crippen molar-refractivity contribution in [3.05, 3.63) is 22.4 Å². The molecule has 3 aromatic heterocycles. The Morgan fingerprint density at radius 2 is 2.12 bits per heavy atom.